The molecule has 0 rings (SSSR count). The molecule has 0 fully saturated rings. The molecule has 0 aliphatic heterocycles. The number of carboxylic acid groups (broad SMARTS) is 3. The Morgan fingerprint density at radius 2 is 1.07 bits per heavy atom. The maximum Gasteiger partial charge on any atom is 0.303 e. The van der Waals surface area contributed by atoms with Crippen LogP contribution in [0.4, 0.5) is 0 Å². The number of allylic oxidation sites excluding steroid dienone is 1. The van der Waals surface area contributed by atoms with Crippen molar-refractivity contribution in [2.75, 3.05) is 26.2 Å². The third kappa shape index (κ3) is 15.2. The molecule has 0 saturated carbocycles. The van der Waals surface area contributed by atoms with Gasteiger partial charge in [0, 0.05) is 25.7 Å². The highest BCUT2D eigenvalue weighted by Crippen LogP contribution is 2.17. The second-order valence-corrected chi connectivity index (χ2v) is 7.48. The molecule has 0 spiro atoms. The molecular weight excluding hydrogens is 362 g/mol. The first kappa shape index (κ1) is 26.1. The third-order valence-electron chi connectivity index (χ3n) is 4.98. The van der Waals surface area contributed by atoms with E-state index in [-0.39, 0.29) is 19.3 Å². The highest BCUT2D eigenvalue weighted by atomic mass is 16.4. The van der Waals surface area contributed by atoms with Crippen molar-refractivity contribution in [1.82, 2.24) is 0 Å². The molecule has 7 heteroatoms. The smallest absolute Gasteiger partial charge is 0.303 e. The Hall–Kier alpha value is -1.89. The number of carboxylic acids is 3. The normalized spacial score (nSPS) is 11.8. The molecule has 0 unspecified atom stereocenters. The average molecular weight is 401 g/mol. The number of hydrogen-bond acceptors (Lipinski definition) is 3. The zero-order valence-corrected chi connectivity index (χ0v) is 17.3. The quantitative estimate of drug-likeness (QED) is 0.172. The SMILES string of the molecule is CCCCC/C=C/CC[N+](CCCC(=O)O)(CCCC(=O)O)CCCC(=O)O. The standard InChI is InChI=1S/C21H37NO6/c1-2-3-4-5-6-7-8-15-22(16-9-12-19(23)24,17-10-13-20(25)26)18-11-14-21(27)28/h6-7H,2-5,8-18H2,1H3,(H2-,23,24,25,26,27,28)/p+1/b7-6+. The first-order chi connectivity index (χ1) is 13.3. The molecule has 3 N–H and O–H groups in total. The van der Waals surface area contributed by atoms with Crippen LogP contribution < -0.4 is 0 Å². The van der Waals surface area contributed by atoms with E-state index in [1.165, 1.54) is 19.3 Å². The fourth-order valence-corrected chi connectivity index (χ4v) is 3.46. The van der Waals surface area contributed by atoms with E-state index in [1.807, 2.05) is 0 Å². The van der Waals surface area contributed by atoms with Crippen molar-refractivity contribution in [3.63, 3.8) is 0 Å². The molecule has 0 amide bonds. The fraction of sp³-hybridized carbons (Fsp3) is 0.762. The van der Waals surface area contributed by atoms with E-state index in [0.717, 1.165) is 19.4 Å². The lowest BCUT2D eigenvalue weighted by Gasteiger charge is -2.39. The van der Waals surface area contributed by atoms with Crippen LogP contribution >= 0.6 is 0 Å². The van der Waals surface area contributed by atoms with Crippen LogP contribution in [0.15, 0.2) is 12.2 Å². The molecule has 0 aromatic rings. The van der Waals surface area contributed by atoms with E-state index in [9.17, 15) is 14.4 Å². The van der Waals surface area contributed by atoms with Gasteiger partial charge in [-0.2, -0.15) is 0 Å². The Balaban J connectivity index is 4.92. The molecule has 0 radical (unpaired) electrons. The van der Waals surface area contributed by atoms with Crippen LogP contribution in [-0.2, 0) is 14.4 Å². The average Bonchev–Trinajstić information content (AvgIpc) is 2.60. The van der Waals surface area contributed by atoms with Crippen molar-refractivity contribution < 1.29 is 34.2 Å². The van der Waals surface area contributed by atoms with Gasteiger partial charge in [-0.1, -0.05) is 31.9 Å². The van der Waals surface area contributed by atoms with Crippen LogP contribution in [0.25, 0.3) is 0 Å². The van der Waals surface area contributed by atoms with Gasteiger partial charge in [0.05, 0.1) is 45.4 Å². The summed E-state index contributed by atoms with van der Waals surface area (Å²) in [7, 11) is 0. The van der Waals surface area contributed by atoms with Crippen molar-refractivity contribution in [2.24, 2.45) is 0 Å². The number of carbonyl (C=O) groups is 3. The van der Waals surface area contributed by atoms with Gasteiger partial charge in [0.2, 0.25) is 0 Å². The molecular formula is C21H38NO6+. The van der Waals surface area contributed by atoms with E-state index in [0.29, 0.717) is 43.4 Å². The van der Waals surface area contributed by atoms with E-state index < -0.39 is 17.9 Å². The molecule has 7 nitrogen and oxygen atoms in total. The van der Waals surface area contributed by atoms with E-state index in [1.54, 1.807) is 0 Å². The maximum atomic E-state index is 10.9. The van der Waals surface area contributed by atoms with Crippen LogP contribution in [0.1, 0.15) is 77.6 Å². The molecule has 0 atom stereocenters. The van der Waals surface area contributed by atoms with E-state index in [2.05, 4.69) is 19.1 Å². The van der Waals surface area contributed by atoms with Crippen molar-refractivity contribution in [2.45, 2.75) is 77.6 Å². The number of nitrogens with zero attached hydrogens (tertiary/aromatic N) is 1. The van der Waals surface area contributed by atoms with Crippen LogP contribution in [0.5, 0.6) is 0 Å². The van der Waals surface area contributed by atoms with Crippen molar-refractivity contribution in [3.05, 3.63) is 12.2 Å². The van der Waals surface area contributed by atoms with Gasteiger partial charge < -0.3 is 19.8 Å². The number of aliphatic carboxylic acids is 3. The van der Waals surface area contributed by atoms with Gasteiger partial charge >= 0.3 is 17.9 Å². The zero-order chi connectivity index (χ0) is 21.3. The predicted molar refractivity (Wildman–Crippen MR) is 108 cm³/mol. The number of unbranched alkanes of at least 4 members (excludes halogenated alkanes) is 3. The summed E-state index contributed by atoms with van der Waals surface area (Å²) in [5.41, 5.74) is 0. The van der Waals surface area contributed by atoms with Crippen LogP contribution in [0, 0.1) is 0 Å². The first-order valence-electron chi connectivity index (χ1n) is 10.5. The van der Waals surface area contributed by atoms with Gasteiger partial charge in [-0.3, -0.25) is 14.4 Å². The number of rotatable bonds is 19. The van der Waals surface area contributed by atoms with Gasteiger partial charge in [-0.25, -0.2) is 0 Å². The molecule has 162 valence electrons. The molecule has 28 heavy (non-hydrogen) atoms. The summed E-state index contributed by atoms with van der Waals surface area (Å²) in [5.74, 6) is -2.53. The molecule has 0 aromatic carbocycles. The summed E-state index contributed by atoms with van der Waals surface area (Å²) >= 11 is 0. The summed E-state index contributed by atoms with van der Waals surface area (Å²) in [5, 5.41) is 26.9. The Bertz CT molecular complexity index is 439. The monoisotopic (exact) mass is 400 g/mol. The summed E-state index contributed by atoms with van der Waals surface area (Å²) in [6.07, 6.45) is 11.5. The minimum atomic E-state index is -0.843. The summed E-state index contributed by atoms with van der Waals surface area (Å²) in [6.45, 7) is 4.85. The van der Waals surface area contributed by atoms with Crippen LogP contribution in [0.3, 0.4) is 0 Å². The lowest BCUT2D eigenvalue weighted by molar-refractivity contribution is -0.928. The van der Waals surface area contributed by atoms with Crippen LogP contribution in [0.2, 0.25) is 0 Å². The second kappa shape index (κ2) is 16.1. The van der Waals surface area contributed by atoms with Crippen LogP contribution in [-0.4, -0.2) is 63.9 Å². The summed E-state index contributed by atoms with van der Waals surface area (Å²) in [6, 6.07) is 0. The lowest BCUT2D eigenvalue weighted by Crippen LogP contribution is -2.51. The Morgan fingerprint density at radius 1 is 0.643 bits per heavy atom. The molecule has 0 saturated heterocycles. The largest absolute Gasteiger partial charge is 0.481 e. The Morgan fingerprint density at radius 3 is 1.46 bits per heavy atom. The van der Waals surface area contributed by atoms with Crippen molar-refractivity contribution in [3.8, 4) is 0 Å². The highest BCUT2D eigenvalue weighted by molar-refractivity contribution is 5.67. The third-order valence-corrected chi connectivity index (χ3v) is 4.98. The predicted octanol–water partition coefficient (Wildman–Crippen LogP) is 3.92. The minimum Gasteiger partial charge on any atom is -0.481 e. The summed E-state index contributed by atoms with van der Waals surface area (Å²) < 4.78 is 0.590. The van der Waals surface area contributed by atoms with Crippen molar-refractivity contribution >= 4 is 17.9 Å². The lowest BCUT2D eigenvalue weighted by atomic mass is 10.1. The number of hydrogen-bond donors (Lipinski definition) is 3. The van der Waals surface area contributed by atoms with E-state index in [4.69, 9.17) is 15.3 Å². The fourth-order valence-electron chi connectivity index (χ4n) is 3.46. The highest BCUT2D eigenvalue weighted by Gasteiger charge is 2.26. The van der Waals surface area contributed by atoms with Crippen molar-refractivity contribution in [1.29, 1.82) is 0 Å². The van der Waals surface area contributed by atoms with Gasteiger partial charge in [-0.05, 0) is 12.8 Å². The molecule has 0 heterocycles. The van der Waals surface area contributed by atoms with E-state index >= 15 is 0 Å². The summed E-state index contributed by atoms with van der Waals surface area (Å²) in [4.78, 5) is 32.7. The minimum absolute atomic E-state index is 0.0741. The van der Waals surface area contributed by atoms with Gasteiger partial charge in [0.15, 0.2) is 0 Å². The molecule has 0 bridgehead atoms. The topological polar surface area (TPSA) is 112 Å². The molecule has 0 aliphatic rings. The first-order valence-corrected chi connectivity index (χ1v) is 10.5. The maximum absolute atomic E-state index is 10.9. The van der Waals surface area contributed by atoms with Gasteiger partial charge in [0.25, 0.3) is 0 Å². The molecule has 0 aliphatic carbocycles. The van der Waals surface area contributed by atoms with Gasteiger partial charge in [0.1, 0.15) is 0 Å². The second-order valence-electron chi connectivity index (χ2n) is 7.48. The Kier molecular flexibility index (Phi) is 15.0. The Labute approximate surface area is 168 Å². The van der Waals surface area contributed by atoms with Gasteiger partial charge in [-0.15, -0.1) is 0 Å². The molecule has 0 aromatic heterocycles. The number of quaternary nitrogens is 1. The zero-order valence-electron chi connectivity index (χ0n) is 17.3.